The van der Waals surface area contributed by atoms with Gasteiger partial charge in [0.05, 0.1) is 6.61 Å². The minimum Gasteiger partial charge on any atom is -0.383 e. The Morgan fingerprint density at radius 2 is 1.94 bits per heavy atom. The summed E-state index contributed by atoms with van der Waals surface area (Å²) in [5, 5.41) is 0. The lowest BCUT2D eigenvalue weighted by atomic mass is 10.2. The molecule has 0 radical (unpaired) electrons. The molecule has 0 spiro atoms. The van der Waals surface area contributed by atoms with Crippen LogP contribution in [0.25, 0.3) is 0 Å². The highest BCUT2D eigenvalue weighted by Gasteiger charge is 2.46. The molecule has 0 aromatic carbocycles. The summed E-state index contributed by atoms with van der Waals surface area (Å²) in [5.41, 5.74) is 4.62. The molecule has 0 amide bonds. The average Bonchev–Trinajstić information content (AvgIpc) is 2.93. The first-order valence-electron chi connectivity index (χ1n) is 8.05. The third-order valence-corrected chi connectivity index (χ3v) is 7.36. The summed E-state index contributed by atoms with van der Waals surface area (Å²) in [6.07, 6.45) is 2.50. The summed E-state index contributed by atoms with van der Waals surface area (Å²) in [4.78, 5) is 51.7. The van der Waals surface area contributed by atoms with Crippen molar-refractivity contribution in [1.29, 1.82) is 0 Å². The number of hydrogen-bond acceptors (Lipinski definition) is 11. The summed E-state index contributed by atoms with van der Waals surface area (Å²) in [6.45, 7) is -0.436. The van der Waals surface area contributed by atoms with Gasteiger partial charge in [0, 0.05) is 12.6 Å². The van der Waals surface area contributed by atoms with Crippen LogP contribution < -0.4 is 11.4 Å². The number of rotatable bonds is 10. The number of phosphoric ester groups is 1. The van der Waals surface area contributed by atoms with Crippen molar-refractivity contribution in [3.8, 4) is 12.3 Å². The van der Waals surface area contributed by atoms with Crippen LogP contribution in [0.5, 0.6) is 0 Å². The molecular weight excluding hydrogens is 487 g/mol. The molecule has 1 aliphatic rings. The van der Waals surface area contributed by atoms with Crippen LogP contribution in [-0.2, 0) is 36.3 Å². The minimum absolute atomic E-state index is 0.0574. The van der Waals surface area contributed by atoms with Gasteiger partial charge in [-0.15, -0.1) is 6.42 Å². The van der Waals surface area contributed by atoms with Gasteiger partial charge in [-0.05, 0) is 6.07 Å². The normalized spacial score (nSPS) is 25.5. The van der Waals surface area contributed by atoms with Crippen LogP contribution in [-0.4, -0.2) is 54.5 Å². The molecule has 2 unspecified atom stereocenters. The van der Waals surface area contributed by atoms with E-state index in [1.165, 1.54) is 12.3 Å². The number of aromatic nitrogens is 2. The molecule has 2 heterocycles. The SMILES string of the molecule is C#CCOC[C@H]1O[C@@H](n2ccc(N)nc2=O)C[C@@H]1OP(=O)(O)OP(=O)(O)OP(=O)(O)O. The van der Waals surface area contributed by atoms with E-state index < -0.39 is 47.6 Å². The standard InChI is InChI=1S/C12H18N3O13P3/c1-2-5-24-7-9-8(6-11(25-9)15-4-3-10(13)14-12(15)16)26-30(20,21)28-31(22,23)27-29(17,18)19/h1,3-4,8-9,11H,5-7H2,(H,20,21)(H,22,23)(H2,13,14,16)(H2,17,18,19)/t8-,9+,11+/m0/s1. The summed E-state index contributed by atoms with van der Waals surface area (Å²) < 4.78 is 58.2. The van der Waals surface area contributed by atoms with Crippen LogP contribution >= 0.6 is 23.5 Å². The van der Waals surface area contributed by atoms with Gasteiger partial charge in [-0.3, -0.25) is 9.09 Å². The zero-order valence-electron chi connectivity index (χ0n) is 15.4. The molecule has 1 aromatic rings. The number of nitrogen functional groups attached to an aromatic ring is 1. The van der Waals surface area contributed by atoms with E-state index in [0.29, 0.717) is 0 Å². The van der Waals surface area contributed by atoms with Crippen molar-refractivity contribution >= 4 is 29.3 Å². The molecule has 174 valence electrons. The molecule has 0 bridgehead atoms. The molecule has 31 heavy (non-hydrogen) atoms. The quantitative estimate of drug-likeness (QED) is 0.153. The van der Waals surface area contributed by atoms with Crippen molar-refractivity contribution in [3.05, 3.63) is 22.7 Å². The second-order valence-electron chi connectivity index (χ2n) is 5.86. The van der Waals surface area contributed by atoms with Gasteiger partial charge in [0.25, 0.3) is 0 Å². The molecule has 16 nitrogen and oxygen atoms in total. The predicted octanol–water partition coefficient (Wildman–Crippen LogP) is -0.525. The Morgan fingerprint density at radius 1 is 1.26 bits per heavy atom. The molecule has 1 aliphatic heterocycles. The second-order valence-corrected chi connectivity index (χ2v) is 10.2. The average molecular weight is 505 g/mol. The number of nitrogens with two attached hydrogens (primary N) is 1. The maximum atomic E-state index is 12.1. The van der Waals surface area contributed by atoms with Gasteiger partial charge in [0.1, 0.15) is 30.9 Å². The van der Waals surface area contributed by atoms with E-state index in [1.807, 2.05) is 0 Å². The smallest absolute Gasteiger partial charge is 0.383 e. The number of nitrogens with zero attached hydrogens (tertiary/aromatic N) is 2. The second kappa shape index (κ2) is 10.0. The molecule has 19 heteroatoms. The molecule has 5 atom stereocenters. The summed E-state index contributed by atoms with van der Waals surface area (Å²) >= 11 is 0. The fourth-order valence-electron chi connectivity index (χ4n) is 2.48. The van der Waals surface area contributed by atoms with E-state index in [0.717, 1.165) is 4.57 Å². The summed E-state index contributed by atoms with van der Waals surface area (Å²) in [5.74, 6) is 2.12. The highest BCUT2D eigenvalue weighted by Crippen LogP contribution is 2.67. The zero-order chi connectivity index (χ0) is 23.4. The Bertz CT molecular complexity index is 1030. The van der Waals surface area contributed by atoms with Crippen LogP contribution in [0.15, 0.2) is 17.1 Å². The van der Waals surface area contributed by atoms with Crippen LogP contribution in [0, 0.1) is 12.3 Å². The highest BCUT2D eigenvalue weighted by molar-refractivity contribution is 7.66. The molecule has 0 saturated carbocycles. The molecule has 1 aromatic heterocycles. The fraction of sp³-hybridized carbons (Fsp3) is 0.500. The van der Waals surface area contributed by atoms with Gasteiger partial charge >= 0.3 is 29.2 Å². The number of ether oxygens (including phenoxy) is 2. The van der Waals surface area contributed by atoms with Crippen LogP contribution in [0.4, 0.5) is 5.82 Å². The van der Waals surface area contributed by atoms with E-state index in [4.69, 9.17) is 35.9 Å². The van der Waals surface area contributed by atoms with Crippen molar-refractivity contribution < 1.29 is 55.9 Å². The summed E-state index contributed by atoms with van der Waals surface area (Å²) in [7, 11) is -16.7. The Balaban J connectivity index is 2.19. The largest absolute Gasteiger partial charge is 0.490 e. The van der Waals surface area contributed by atoms with E-state index in [-0.39, 0.29) is 25.5 Å². The Morgan fingerprint density at radius 3 is 2.52 bits per heavy atom. The maximum absolute atomic E-state index is 12.1. The Labute approximate surface area is 174 Å². The molecule has 1 saturated heterocycles. The lowest BCUT2D eigenvalue weighted by Gasteiger charge is -2.22. The van der Waals surface area contributed by atoms with Crippen molar-refractivity contribution in [2.75, 3.05) is 18.9 Å². The first-order valence-corrected chi connectivity index (χ1v) is 12.6. The van der Waals surface area contributed by atoms with Crippen molar-refractivity contribution in [3.63, 3.8) is 0 Å². The third kappa shape index (κ3) is 8.21. The van der Waals surface area contributed by atoms with Crippen molar-refractivity contribution in [1.82, 2.24) is 9.55 Å². The van der Waals surface area contributed by atoms with Crippen LogP contribution in [0.1, 0.15) is 12.6 Å². The van der Waals surface area contributed by atoms with Crippen LogP contribution in [0.2, 0.25) is 0 Å². The maximum Gasteiger partial charge on any atom is 0.490 e. The predicted molar refractivity (Wildman–Crippen MR) is 99.8 cm³/mol. The van der Waals surface area contributed by atoms with E-state index in [9.17, 15) is 28.3 Å². The van der Waals surface area contributed by atoms with Crippen molar-refractivity contribution in [2.24, 2.45) is 0 Å². The number of hydrogen-bond donors (Lipinski definition) is 5. The zero-order valence-corrected chi connectivity index (χ0v) is 18.0. The number of terminal acetylenes is 1. The van der Waals surface area contributed by atoms with Gasteiger partial charge in [0.2, 0.25) is 0 Å². The Kier molecular flexibility index (Phi) is 8.34. The lowest BCUT2D eigenvalue weighted by Crippen LogP contribution is -2.29. The molecule has 0 aliphatic carbocycles. The first kappa shape index (κ1) is 25.8. The molecular formula is C12H18N3O13P3. The summed E-state index contributed by atoms with van der Waals surface area (Å²) in [6, 6.07) is 1.30. The number of phosphoric acid groups is 3. The van der Waals surface area contributed by atoms with E-state index in [2.05, 4.69) is 19.5 Å². The van der Waals surface area contributed by atoms with Crippen LogP contribution in [0.3, 0.4) is 0 Å². The Hall–Kier alpha value is -1.43. The molecule has 6 N–H and O–H groups in total. The first-order chi connectivity index (χ1) is 14.2. The van der Waals surface area contributed by atoms with Crippen molar-refractivity contribution in [2.45, 2.75) is 24.9 Å². The van der Waals surface area contributed by atoms with Gasteiger partial charge in [-0.25, -0.2) is 18.5 Å². The third-order valence-electron chi connectivity index (χ3n) is 3.49. The minimum atomic E-state index is -5.70. The molecule has 2 rings (SSSR count). The molecule has 1 fully saturated rings. The van der Waals surface area contributed by atoms with E-state index in [1.54, 1.807) is 0 Å². The van der Waals surface area contributed by atoms with Gasteiger partial charge in [0.15, 0.2) is 0 Å². The van der Waals surface area contributed by atoms with Gasteiger partial charge in [-0.1, -0.05) is 5.92 Å². The highest BCUT2D eigenvalue weighted by atomic mass is 31.3. The van der Waals surface area contributed by atoms with E-state index >= 15 is 0 Å². The monoisotopic (exact) mass is 505 g/mol. The topological polar surface area (TPSA) is 239 Å². The number of anilines is 1. The van der Waals surface area contributed by atoms with Gasteiger partial charge in [-0.2, -0.15) is 13.6 Å². The van der Waals surface area contributed by atoms with Gasteiger partial charge < -0.3 is 34.8 Å². The lowest BCUT2D eigenvalue weighted by molar-refractivity contribution is -0.0579. The fourth-order valence-corrected chi connectivity index (χ4v) is 5.71.